The zero-order chi connectivity index (χ0) is 40.3. The van der Waals surface area contributed by atoms with Crippen LogP contribution in [0.15, 0.2) is 188 Å². The first-order chi connectivity index (χ1) is 28.7. The van der Waals surface area contributed by atoms with Gasteiger partial charge in [0.1, 0.15) is 0 Å². The molecule has 0 N–H and O–H groups in total. The monoisotopic (exact) mass is 762 g/mol. The van der Waals surface area contributed by atoms with Gasteiger partial charge in [0.2, 0.25) is 0 Å². The lowest BCUT2D eigenvalue weighted by Crippen LogP contribution is -2.16. The molecule has 8 aromatic carbocycles. The zero-order valence-electron chi connectivity index (χ0n) is 34.7. The van der Waals surface area contributed by atoms with Gasteiger partial charge in [-0.2, -0.15) is 0 Å². The Balaban J connectivity index is 0.976. The van der Waals surface area contributed by atoms with Gasteiger partial charge in [0.25, 0.3) is 0 Å². The van der Waals surface area contributed by atoms with Crippen molar-refractivity contribution in [2.75, 3.05) is 9.80 Å². The Labute approximate surface area is 350 Å². The fourth-order valence-electron chi connectivity index (χ4n) is 9.86. The molecule has 288 valence electrons. The van der Waals surface area contributed by atoms with Crippen LogP contribution in [0.25, 0.3) is 33.4 Å². The molecule has 0 fully saturated rings. The minimum Gasteiger partial charge on any atom is -0.310 e. The average molecular weight is 763 g/mol. The Kier molecular flexibility index (Phi) is 8.91. The molecule has 0 unspecified atom stereocenters. The lowest BCUT2D eigenvalue weighted by molar-refractivity contribution is 0.660. The van der Waals surface area contributed by atoms with E-state index >= 15 is 0 Å². The third-order valence-corrected chi connectivity index (χ3v) is 13.0. The van der Waals surface area contributed by atoms with Crippen LogP contribution >= 0.6 is 0 Å². The van der Waals surface area contributed by atoms with E-state index in [1.807, 2.05) is 0 Å². The Bertz CT molecular complexity index is 2810. The van der Waals surface area contributed by atoms with Crippen LogP contribution in [0.1, 0.15) is 68.9 Å². The van der Waals surface area contributed by atoms with Gasteiger partial charge in [-0.15, -0.1) is 0 Å². The predicted octanol–water partition coefficient (Wildman–Crippen LogP) is 15.9. The minimum atomic E-state index is -0.0805. The summed E-state index contributed by atoms with van der Waals surface area (Å²) in [4.78, 5) is 4.77. The fourth-order valence-corrected chi connectivity index (χ4v) is 9.86. The summed E-state index contributed by atoms with van der Waals surface area (Å²) in [6.45, 7) is 11.7. The van der Waals surface area contributed by atoms with Gasteiger partial charge >= 0.3 is 0 Å². The van der Waals surface area contributed by atoms with Gasteiger partial charge in [-0.3, -0.25) is 0 Å². The number of para-hydroxylation sites is 2. The van der Waals surface area contributed by atoms with E-state index in [1.54, 1.807) is 0 Å². The third kappa shape index (κ3) is 6.17. The molecule has 0 amide bonds. The second-order valence-electron chi connectivity index (χ2n) is 17.3. The molecule has 0 atom stereocenters. The summed E-state index contributed by atoms with van der Waals surface area (Å²) in [6.07, 6.45) is 2.26. The molecule has 0 radical (unpaired) electrons. The summed E-state index contributed by atoms with van der Waals surface area (Å²) in [5.41, 5.74) is 21.5. The second-order valence-corrected chi connectivity index (χ2v) is 17.3. The SMILES string of the molecule is CCCc1ccc2c(c1)-c1ccc(N(c3ccccc3)c3ccc(-c4ccc(N(c5ccccc5)c5ccc6c(c5)C(C)(C)c5ccccc5-6)cc4)cc3)cc1C2(C)C. The highest BCUT2D eigenvalue weighted by atomic mass is 15.1. The van der Waals surface area contributed by atoms with Crippen LogP contribution in [-0.2, 0) is 17.3 Å². The largest absolute Gasteiger partial charge is 0.310 e. The highest BCUT2D eigenvalue weighted by Crippen LogP contribution is 2.52. The minimum absolute atomic E-state index is 0.0716. The van der Waals surface area contributed by atoms with Crippen LogP contribution in [0.3, 0.4) is 0 Å². The number of benzene rings is 8. The van der Waals surface area contributed by atoms with Gasteiger partial charge in [0.05, 0.1) is 0 Å². The second kappa shape index (κ2) is 14.3. The van der Waals surface area contributed by atoms with Crippen molar-refractivity contribution >= 4 is 34.1 Å². The van der Waals surface area contributed by atoms with Crippen LogP contribution < -0.4 is 9.80 Å². The Morgan fingerprint density at radius 2 is 0.746 bits per heavy atom. The molecule has 10 rings (SSSR count). The molecule has 2 aliphatic rings. The molecule has 0 bridgehead atoms. The first-order valence-corrected chi connectivity index (χ1v) is 21.2. The lowest BCUT2D eigenvalue weighted by atomic mass is 9.82. The number of fused-ring (bicyclic) bond motifs is 6. The molecule has 0 heterocycles. The molecule has 59 heavy (non-hydrogen) atoms. The molecule has 2 nitrogen and oxygen atoms in total. The first-order valence-electron chi connectivity index (χ1n) is 21.2. The summed E-state index contributed by atoms with van der Waals surface area (Å²) >= 11 is 0. The fraction of sp³-hybridized carbons (Fsp3) is 0.158. The van der Waals surface area contributed by atoms with E-state index < -0.39 is 0 Å². The molecule has 0 saturated heterocycles. The van der Waals surface area contributed by atoms with E-state index in [2.05, 4.69) is 232 Å². The van der Waals surface area contributed by atoms with Gasteiger partial charge in [0.15, 0.2) is 0 Å². The van der Waals surface area contributed by atoms with Crippen LogP contribution in [0.5, 0.6) is 0 Å². The standard InChI is InChI=1S/C57H50N2/c1-6-15-39-22-35-53-51(36-39)50-34-32-47(38-55(50)57(53,4)5)59(43-18-11-8-12-19-43)45-29-25-41(26-30-45)40-23-27-44(28-24-40)58(42-16-9-7-10-17-42)46-31-33-49-48-20-13-14-21-52(48)56(2,3)54(49)37-46/h7-14,16-38H,6,15H2,1-5H3. The highest BCUT2D eigenvalue weighted by Gasteiger charge is 2.37. The summed E-state index contributed by atoms with van der Waals surface area (Å²) in [5, 5.41) is 0. The molecule has 0 aliphatic heterocycles. The summed E-state index contributed by atoms with van der Waals surface area (Å²) in [6, 6.07) is 69.6. The topological polar surface area (TPSA) is 6.48 Å². The number of anilines is 6. The van der Waals surface area contributed by atoms with Crippen molar-refractivity contribution in [1.82, 2.24) is 0 Å². The van der Waals surface area contributed by atoms with E-state index in [0.29, 0.717) is 0 Å². The average Bonchev–Trinajstić information content (AvgIpc) is 3.64. The maximum absolute atomic E-state index is 2.43. The molecular weight excluding hydrogens is 713 g/mol. The first kappa shape index (κ1) is 36.7. The Hall–Kier alpha value is -6.64. The van der Waals surface area contributed by atoms with Crippen molar-refractivity contribution in [1.29, 1.82) is 0 Å². The quantitative estimate of drug-likeness (QED) is 0.144. The maximum atomic E-state index is 2.43. The predicted molar refractivity (Wildman–Crippen MR) is 250 cm³/mol. The Morgan fingerprint density at radius 3 is 1.25 bits per heavy atom. The van der Waals surface area contributed by atoms with E-state index in [0.717, 1.165) is 41.3 Å². The maximum Gasteiger partial charge on any atom is 0.0465 e. The highest BCUT2D eigenvalue weighted by molar-refractivity contribution is 5.88. The van der Waals surface area contributed by atoms with E-state index in [1.165, 1.54) is 66.9 Å². The molecule has 0 saturated carbocycles. The van der Waals surface area contributed by atoms with Crippen LogP contribution in [-0.4, -0.2) is 0 Å². The third-order valence-electron chi connectivity index (χ3n) is 13.0. The van der Waals surface area contributed by atoms with Crippen molar-refractivity contribution in [3.05, 3.63) is 216 Å². The molecule has 2 aliphatic carbocycles. The Morgan fingerprint density at radius 1 is 0.339 bits per heavy atom. The summed E-state index contributed by atoms with van der Waals surface area (Å²) in [7, 11) is 0. The van der Waals surface area contributed by atoms with Crippen molar-refractivity contribution in [2.45, 2.75) is 58.3 Å². The van der Waals surface area contributed by atoms with Gasteiger partial charge in [-0.1, -0.05) is 156 Å². The van der Waals surface area contributed by atoms with E-state index in [9.17, 15) is 0 Å². The van der Waals surface area contributed by atoms with Crippen molar-refractivity contribution in [3.8, 4) is 33.4 Å². The smallest absolute Gasteiger partial charge is 0.0465 e. The van der Waals surface area contributed by atoms with Crippen LogP contribution in [0.4, 0.5) is 34.1 Å². The number of rotatable bonds is 9. The molecule has 2 heteroatoms. The number of hydrogen-bond acceptors (Lipinski definition) is 2. The van der Waals surface area contributed by atoms with E-state index in [4.69, 9.17) is 0 Å². The van der Waals surface area contributed by atoms with Gasteiger partial charge in [0, 0.05) is 45.0 Å². The number of aryl methyl sites for hydroxylation is 1. The van der Waals surface area contributed by atoms with Gasteiger partial charge in [-0.05, 0) is 140 Å². The van der Waals surface area contributed by atoms with Crippen molar-refractivity contribution < 1.29 is 0 Å². The molecular formula is C57H50N2. The van der Waals surface area contributed by atoms with Gasteiger partial charge < -0.3 is 9.80 Å². The normalized spacial score (nSPS) is 13.9. The number of hydrogen-bond donors (Lipinski definition) is 0. The van der Waals surface area contributed by atoms with Gasteiger partial charge in [-0.25, -0.2) is 0 Å². The molecule has 0 spiro atoms. The van der Waals surface area contributed by atoms with Crippen molar-refractivity contribution in [2.24, 2.45) is 0 Å². The molecule has 8 aromatic rings. The molecule has 0 aromatic heterocycles. The zero-order valence-corrected chi connectivity index (χ0v) is 34.7. The summed E-state index contributed by atoms with van der Waals surface area (Å²) < 4.78 is 0. The van der Waals surface area contributed by atoms with E-state index in [-0.39, 0.29) is 10.8 Å². The van der Waals surface area contributed by atoms with Crippen LogP contribution in [0.2, 0.25) is 0 Å². The summed E-state index contributed by atoms with van der Waals surface area (Å²) in [5.74, 6) is 0. The van der Waals surface area contributed by atoms with Crippen molar-refractivity contribution in [3.63, 3.8) is 0 Å². The lowest BCUT2D eigenvalue weighted by Gasteiger charge is -2.28. The number of nitrogens with zero attached hydrogens (tertiary/aromatic N) is 2. The van der Waals surface area contributed by atoms with Crippen LogP contribution in [0, 0.1) is 0 Å².